The minimum atomic E-state index is -0.252. The maximum atomic E-state index is 13.3. The minimum Gasteiger partial charge on any atom is -0.383 e. The van der Waals surface area contributed by atoms with E-state index in [0.717, 1.165) is 11.4 Å². The number of thioether (sulfide) groups is 1. The van der Waals surface area contributed by atoms with Crippen molar-refractivity contribution < 1.29 is 14.3 Å². The van der Waals surface area contributed by atoms with Gasteiger partial charge in [0.25, 0.3) is 0 Å². The molecule has 32 heavy (non-hydrogen) atoms. The maximum absolute atomic E-state index is 13.3. The van der Waals surface area contributed by atoms with Gasteiger partial charge in [-0.05, 0) is 19.1 Å². The molecule has 1 atom stereocenters. The van der Waals surface area contributed by atoms with Gasteiger partial charge < -0.3 is 15.0 Å². The highest BCUT2D eigenvalue weighted by atomic mass is 32.2. The highest BCUT2D eigenvalue weighted by molar-refractivity contribution is 7.99. The number of nitrogens with one attached hydrogen (secondary N) is 1. The molecule has 0 radical (unpaired) electrons. The molecule has 1 aliphatic rings. The van der Waals surface area contributed by atoms with Crippen LogP contribution in [0.2, 0.25) is 0 Å². The fourth-order valence-corrected chi connectivity index (χ4v) is 4.57. The van der Waals surface area contributed by atoms with Crippen molar-refractivity contribution in [2.75, 3.05) is 29.7 Å². The molecule has 0 unspecified atom stereocenters. The van der Waals surface area contributed by atoms with Crippen LogP contribution in [0.15, 0.2) is 59.8 Å². The Morgan fingerprint density at radius 1 is 1.16 bits per heavy atom. The van der Waals surface area contributed by atoms with Crippen LogP contribution < -0.4 is 10.2 Å². The standard InChI is InChI=1S/C23H25N5O3S/c1-16-14-20(29)24-18-10-6-7-11-19(18)28(16)21(30)15-32-23-26-25-22(27(23)12-13-31-2)17-8-4-3-5-9-17/h3-11,16H,12-15H2,1-2H3,(H,24,29)/t16-/m0/s1. The van der Waals surface area contributed by atoms with Crippen LogP contribution in [0.5, 0.6) is 0 Å². The molecule has 1 aromatic heterocycles. The number of hydrogen-bond donors (Lipinski definition) is 1. The van der Waals surface area contributed by atoms with Gasteiger partial charge in [-0.25, -0.2) is 0 Å². The van der Waals surface area contributed by atoms with Crippen LogP contribution in [0.1, 0.15) is 13.3 Å². The Labute approximate surface area is 191 Å². The fraction of sp³-hybridized carbons (Fsp3) is 0.304. The Balaban J connectivity index is 1.56. The van der Waals surface area contributed by atoms with E-state index in [1.807, 2.05) is 66.1 Å². The Morgan fingerprint density at radius 2 is 1.91 bits per heavy atom. The highest BCUT2D eigenvalue weighted by Crippen LogP contribution is 2.32. The lowest BCUT2D eigenvalue weighted by molar-refractivity contribution is -0.117. The van der Waals surface area contributed by atoms with E-state index in [-0.39, 0.29) is 30.0 Å². The van der Waals surface area contributed by atoms with Gasteiger partial charge in [0.2, 0.25) is 11.8 Å². The van der Waals surface area contributed by atoms with Crippen LogP contribution in [0, 0.1) is 0 Å². The molecule has 0 saturated carbocycles. The zero-order chi connectivity index (χ0) is 22.5. The van der Waals surface area contributed by atoms with E-state index >= 15 is 0 Å². The van der Waals surface area contributed by atoms with Crippen molar-refractivity contribution in [2.45, 2.75) is 31.1 Å². The molecular formula is C23H25N5O3S. The second-order valence-electron chi connectivity index (χ2n) is 7.49. The molecule has 3 aromatic rings. The summed E-state index contributed by atoms with van der Waals surface area (Å²) in [5.41, 5.74) is 2.31. The van der Waals surface area contributed by atoms with Crippen LogP contribution in [-0.4, -0.2) is 52.1 Å². The zero-order valence-corrected chi connectivity index (χ0v) is 18.8. The largest absolute Gasteiger partial charge is 0.383 e. The number of amides is 2. The van der Waals surface area contributed by atoms with Gasteiger partial charge >= 0.3 is 0 Å². The average Bonchev–Trinajstić information content (AvgIpc) is 3.14. The number of fused-ring (bicyclic) bond motifs is 1. The number of rotatable bonds is 7. The molecule has 2 heterocycles. The predicted molar refractivity (Wildman–Crippen MR) is 125 cm³/mol. The summed E-state index contributed by atoms with van der Waals surface area (Å²) in [6, 6.07) is 16.9. The molecule has 9 heteroatoms. The summed E-state index contributed by atoms with van der Waals surface area (Å²) in [6.07, 6.45) is 0.243. The zero-order valence-electron chi connectivity index (χ0n) is 18.0. The number of benzene rings is 2. The van der Waals surface area contributed by atoms with Gasteiger partial charge in [-0.1, -0.05) is 54.2 Å². The van der Waals surface area contributed by atoms with Gasteiger partial charge in [0.05, 0.1) is 30.3 Å². The first-order chi connectivity index (χ1) is 15.6. The van der Waals surface area contributed by atoms with E-state index in [1.165, 1.54) is 11.8 Å². The summed E-state index contributed by atoms with van der Waals surface area (Å²) >= 11 is 1.34. The topological polar surface area (TPSA) is 89.4 Å². The fourth-order valence-electron chi connectivity index (χ4n) is 3.74. The van der Waals surface area contributed by atoms with E-state index in [4.69, 9.17) is 4.74 Å². The van der Waals surface area contributed by atoms with Crippen LogP contribution >= 0.6 is 11.8 Å². The predicted octanol–water partition coefficient (Wildman–Crippen LogP) is 3.45. The van der Waals surface area contributed by atoms with Crippen molar-refractivity contribution in [3.05, 3.63) is 54.6 Å². The quantitative estimate of drug-likeness (QED) is 0.554. The molecule has 1 N–H and O–H groups in total. The third-order valence-corrected chi connectivity index (χ3v) is 6.17. The Morgan fingerprint density at radius 3 is 2.69 bits per heavy atom. The summed E-state index contributed by atoms with van der Waals surface area (Å²) in [7, 11) is 1.65. The van der Waals surface area contributed by atoms with Gasteiger partial charge in [-0.2, -0.15) is 0 Å². The lowest BCUT2D eigenvalue weighted by Gasteiger charge is -2.27. The minimum absolute atomic E-state index is 0.0889. The first-order valence-electron chi connectivity index (χ1n) is 10.4. The maximum Gasteiger partial charge on any atom is 0.237 e. The van der Waals surface area contributed by atoms with Gasteiger partial charge in [-0.15, -0.1) is 10.2 Å². The Bertz CT molecular complexity index is 1100. The normalized spacial score (nSPS) is 15.8. The number of carbonyl (C=O) groups excluding carboxylic acids is 2. The van der Waals surface area contributed by atoms with Gasteiger partial charge in [0.1, 0.15) is 0 Å². The molecule has 166 valence electrons. The first kappa shape index (κ1) is 22.0. The number of methoxy groups -OCH3 is 1. The molecular weight excluding hydrogens is 426 g/mol. The molecule has 8 nitrogen and oxygen atoms in total. The van der Waals surface area contributed by atoms with E-state index in [0.29, 0.717) is 29.7 Å². The Kier molecular flexibility index (Phi) is 6.87. The third kappa shape index (κ3) is 4.68. The molecule has 0 bridgehead atoms. The van der Waals surface area contributed by atoms with E-state index in [2.05, 4.69) is 15.5 Å². The van der Waals surface area contributed by atoms with E-state index in [1.54, 1.807) is 12.0 Å². The van der Waals surface area contributed by atoms with Crippen LogP contribution in [-0.2, 0) is 20.9 Å². The van der Waals surface area contributed by atoms with Crippen molar-refractivity contribution in [3.63, 3.8) is 0 Å². The number of anilines is 2. The van der Waals surface area contributed by atoms with Gasteiger partial charge in [0.15, 0.2) is 11.0 Å². The number of para-hydroxylation sites is 2. The van der Waals surface area contributed by atoms with Crippen molar-refractivity contribution in [1.29, 1.82) is 0 Å². The lowest BCUT2D eigenvalue weighted by atomic mass is 10.2. The van der Waals surface area contributed by atoms with Crippen molar-refractivity contribution in [2.24, 2.45) is 0 Å². The summed E-state index contributed by atoms with van der Waals surface area (Å²) in [5, 5.41) is 12.2. The third-order valence-electron chi connectivity index (χ3n) is 5.22. The van der Waals surface area contributed by atoms with Crippen molar-refractivity contribution >= 4 is 35.0 Å². The SMILES string of the molecule is COCCn1c(SCC(=O)N2c3ccccc3NC(=O)C[C@@H]2C)nnc1-c1ccccc1. The first-order valence-corrected chi connectivity index (χ1v) is 11.4. The average molecular weight is 452 g/mol. The van der Waals surface area contributed by atoms with Crippen LogP contribution in [0.3, 0.4) is 0 Å². The van der Waals surface area contributed by atoms with E-state index < -0.39 is 0 Å². The summed E-state index contributed by atoms with van der Waals surface area (Å²) in [4.78, 5) is 27.2. The van der Waals surface area contributed by atoms with E-state index in [9.17, 15) is 9.59 Å². The van der Waals surface area contributed by atoms with Crippen LogP contribution in [0.4, 0.5) is 11.4 Å². The second kappa shape index (κ2) is 9.97. The number of nitrogens with zero attached hydrogens (tertiary/aromatic N) is 4. The van der Waals surface area contributed by atoms with Gasteiger partial charge in [0, 0.05) is 25.1 Å². The monoisotopic (exact) mass is 451 g/mol. The molecule has 2 amide bonds. The molecule has 1 aliphatic heterocycles. The number of aromatic nitrogens is 3. The van der Waals surface area contributed by atoms with Crippen molar-refractivity contribution in [3.8, 4) is 11.4 Å². The van der Waals surface area contributed by atoms with Crippen LogP contribution in [0.25, 0.3) is 11.4 Å². The number of ether oxygens (including phenoxy) is 1. The molecule has 0 saturated heterocycles. The molecule has 4 rings (SSSR count). The lowest BCUT2D eigenvalue weighted by Crippen LogP contribution is -2.40. The number of hydrogen-bond acceptors (Lipinski definition) is 6. The molecule has 0 fully saturated rings. The van der Waals surface area contributed by atoms with Gasteiger partial charge in [-0.3, -0.25) is 14.2 Å². The summed E-state index contributed by atoms with van der Waals surface area (Å²) < 4.78 is 7.23. The number of carbonyl (C=O) groups is 2. The summed E-state index contributed by atoms with van der Waals surface area (Å²) in [5.74, 6) is 0.724. The summed E-state index contributed by atoms with van der Waals surface area (Å²) in [6.45, 7) is 2.97. The highest BCUT2D eigenvalue weighted by Gasteiger charge is 2.30. The van der Waals surface area contributed by atoms with Crippen molar-refractivity contribution in [1.82, 2.24) is 14.8 Å². The molecule has 0 aliphatic carbocycles. The Hall–Kier alpha value is -3.17. The second-order valence-corrected chi connectivity index (χ2v) is 8.43. The molecule has 0 spiro atoms. The smallest absolute Gasteiger partial charge is 0.237 e. The molecule has 2 aromatic carbocycles.